The molecule has 3 aromatic rings. The first kappa shape index (κ1) is 22.6. The Labute approximate surface area is 193 Å². The number of likely N-dealkylation sites (N-methyl/N-ethyl adjacent to an activating group) is 1. The van der Waals surface area contributed by atoms with Crippen molar-refractivity contribution in [2.45, 2.75) is 44.6 Å². The van der Waals surface area contributed by atoms with Crippen molar-refractivity contribution in [2.24, 2.45) is 10.7 Å². The van der Waals surface area contributed by atoms with Crippen molar-refractivity contribution in [3.05, 3.63) is 83.6 Å². The summed E-state index contributed by atoms with van der Waals surface area (Å²) in [6, 6.07) is 14.9. The summed E-state index contributed by atoms with van der Waals surface area (Å²) in [7, 11) is 1.63. The predicted molar refractivity (Wildman–Crippen MR) is 127 cm³/mol. The summed E-state index contributed by atoms with van der Waals surface area (Å²) in [6.07, 6.45) is 2.98. The van der Waals surface area contributed by atoms with Crippen LogP contribution in [0.3, 0.4) is 0 Å². The van der Waals surface area contributed by atoms with E-state index in [0.717, 1.165) is 5.56 Å². The van der Waals surface area contributed by atoms with Gasteiger partial charge in [-0.15, -0.1) is 0 Å². The number of nitrogens with two attached hydrogens (primary N) is 1. The van der Waals surface area contributed by atoms with Gasteiger partial charge in [0.15, 0.2) is 5.96 Å². The third kappa shape index (κ3) is 3.99. The van der Waals surface area contributed by atoms with Crippen LogP contribution in [0, 0.1) is 5.95 Å². The van der Waals surface area contributed by atoms with Crippen LogP contribution in [-0.2, 0) is 15.7 Å². The van der Waals surface area contributed by atoms with E-state index in [1.54, 1.807) is 37.5 Å². The molecule has 7 heteroatoms. The summed E-state index contributed by atoms with van der Waals surface area (Å²) >= 11 is 0. The maximum Gasteiger partial charge on any atom is 0.239 e. The molecule has 1 unspecified atom stereocenters. The van der Waals surface area contributed by atoms with Gasteiger partial charge < -0.3 is 5.73 Å². The van der Waals surface area contributed by atoms with Crippen LogP contribution < -0.4 is 5.73 Å². The van der Waals surface area contributed by atoms with Gasteiger partial charge in [0.25, 0.3) is 0 Å². The first-order valence-corrected chi connectivity index (χ1v) is 10.8. The molecule has 0 fully saturated rings. The van der Waals surface area contributed by atoms with Crippen LogP contribution in [0.15, 0.2) is 65.9 Å². The van der Waals surface area contributed by atoms with Crippen molar-refractivity contribution in [1.82, 2.24) is 14.9 Å². The number of halogens is 1. The standard InChI is InChI=1S/C26H28FN5O/c1-25(2,3)17-10-8-16(9-11-17)21-23(33)32(5)24(28)31-26(21,4)18-12-14-29-20(15-18)19-7-6-13-30-22(19)27/h6-15,21H,1-5H3,(H2,28,31)/t21-,26?/m0/s1. The summed E-state index contributed by atoms with van der Waals surface area (Å²) in [6.45, 7) is 8.32. The molecule has 33 heavy (non-hydrogen) atoms. The number of rotatable bonds is 3. The molecule has 0 aliphatic carbocycles. The third-order valence-corrected chi connectivity index (χ3v) is 6.32. The average molecular weight is 446 g/mol. The summed E-state index contributed by atoms with van der Waals surface area (Å²) in [5.41, 5.74) is 8.55. The highest BCUT2D eigenvalue weighted by molar-refractivity contribution is 6.02. The average Bonchev–Trinajstić information content (AvgIpc) is 2.78. The maximum absolute atomic E-state index is 14.3. The second kappa shape index (κ2) is 8.06. The quantitative estimate of drug-likeness (QED) is 0.607. The molecule has 0 saturated heterocycles. The molecule has 2 N–H and O–H groups in total. The number of pyridine rings is 2. The molecule has 0 saturated carbocycles. The van der Waals surface area contributed by atoms with E-state index in [2.05, 4.69) is 30.7 Å². The highest BCUT2D eigenvalue weighted by atomic mass is 19.1. The number of benzene rings is 1. The van der Waals surface area contributed by atoms with Gasteiger partial charge in [-0.25, -0.2) is 9.98 Å². The minimum atomic E-state index is -1.01. The van der Waals surface area contributed by atoms with E-state index in [9.17, 15) is 9.18 Å². The largest absolute Gasteiger partial charge is 0.369 e. The number of nitrogens with zero attached hydrogens (tertiary/aromatic N) is 4. The SMILES string of the molecule is CN1C(=O)[C@H](c2ccc(C(C)(C)C)cc2)C(C)(c2ccnc(-c3cccnc3F)c2)N=C1N. The number of aliphatic imine (C=N–C) groups is 1. The summed E-state index contributed by atoms with van der Waals surface area (Å²) in [5, 5.41) is 0. The fourth-order valence-electron chi connectivity index (χ4n) is 4.27. The van der Waals surface area contributed by atoms with Crippen molar-refractivity contribution in [3.63, 3.8) is 0 Å². The van der Waals surface area contributed by atoms with Gasteiger partial charge in [0, 0.05) is 19.4 Å². The molecule has 1 aliphatic heterocycles. The molecule has 0 spiro atoms. The third-order valence-electron chi connectivity index (χ3n) is 6.32. The Kier molecular flexibility index (Phi) is 5.52. The van der Waals surface area contributed by atoms with Crippen molar-refractivity contribution in [3.8, 4) is 11.3 Å². The van der Waals surface area contributed by atoms with E-state index in [0.29, 0.717) is 11.3 Å². The molecule has 1 aliphatic rings. The maximum atomic E-state index is 14.3. The lowest BCUT2D eigenvalue weighted by Crippen LogP contribution is -2.52. The number of carbonyl (C=O) groups is 1. The molecule has 1 aromatic carbocycles. The molecule has 4 rings (SSSR count). The van der Waals surface area contributed by atoms with E-state index < -0.39 is 17.4 Å². The smallest absolute Gasteiger partial charge is 0.239 e. The first-order chi connectivity index (χ1) is 15.5. The fourth-order valence-corrected chi connectivity index (χ4v) is 4.27. The molecule has 2 atom stereocenters. The van der Waals surface area contributed by atoms with Crippen LogP contribution in [0.1, 0.15) is 50.3 Å². The van der Waals surface area contributed by atoms with Gasteiger partial charge in [-0.05, 0) is 53.3 Å². The van der Waals surface area contributed by atoms with E-state index in [4.69, 9.17) is 10.7 Å². The topological polar surface area (TPSA) is 84.5 Å². The van der Waals surface area contributed by atoms with Crippen LogP contribution in [0.4, 0.5) is 4.39 Å². The van der Waals surface area contributed by atoms with Gasteiger partial charge in [0.05, 0.1) is 17.2 Å². The molecule has 0 radical (unpaired) electrons. The Morgan fingerprint density at radius 1 is 1.06 bits per heavy atom. The molecule has 170 valence electrons. The molecule has 6 nitrogen and oxygen atoms in total. The summed E-state index contributed by atoms with van der Waals surface area (Å²) < 4.78 is 14.3. The number of aromatic nitrogens is 2. The van der Waals surface area contributed by atoms with Crippen LogP contribution in [0.2, 0.25) is 0 Å². The Balaban J connectivity index is 1.86. The van der Waals surface area contributed by atoms with Crippen molar-refractivity contribution in [2.75, 3.05) is 7.05 Å². The van der Waals surface area contributed by atoms with Gasteiger partial charge in [0.2, 0.25) is 11.9 Å². The second-order valence-corrected chi connectivity index (χ2v) is 9.59. The Bertz CT molecular complexity index is 1230. The molecular weight excluding hydrogens is 417 g/mol. The van der Waals surface area contributed by atoms with E-state index in [-0.39, 0.29) is 22.8 Å². The molecule has 3 heterocycles. The number of amides is 1. The number of carbonyl (C=O) groups excluding carboxylic acids is 1. The highest BCUT2D eigenvalue weighted by Gasteiger charge is 2.47. The monoisotopic (exact) mass is 445 g/mol. The van der Waals surface area contributed by atoms with E-state index >= 15 is 0 Å². The van der Waals surface area contributed by atoms with Gasteiger partial charge in [-0.2, -0.15) is 4.39 Å². The zero-order valence-corrected chi connectivity index (χ0v) is 19.5. The van der Waals surface area contributed by atoms with Crippen LogP contribution >= 0.6 is 0 Å². The van der Waals surface area contributed by atoms with Gasteiger partial charge in [0.1, 0.15) is 5.54 Å². The molecule has 2 aromatic heterocycles. The highest BCUT2D eigenvalue weighted by Crippen LogP contribution is 2.44. The van der Waals surface area contributed by atoms with Crippen molar-refractivity contribution >= 4 is 11.9 Å². The van der Waals surface area contributed by atoms with Crippen molar-refractivity contribution in [1.29, 1.82) is 0 Å². The van der Waals surface area contributed by atoms with Crippen LogP contribution in [-0.4, -0.2) is 33.8 Å². The van der Waals surface area contributed by atoms with Gasteiger partial charge in [-0.3, -0.25) is 14.7 Å². The second-order valence-electron chi connectivity index (χ2n) is 9.59. The lowest BCUT2D eigenvalue weighted by molar-refractivity contribution is -0.130. The van der Waals surface area contributed by atoms with E-state index in [1.165, 1.54) is 16.7 Å². The number of guanidine groups is 1. The molecule has 0 bridgehead atoms. The Hall–Kier alpha value is -3.61. The normalized spacial score (nSPS) is 21.2. The first-order valence-electron chi connectivity index (χ1n) is 10.8. The fraction of sp³-hybridized carbons (Fsp3) is 0.308. The minimum Gasteiger partial charge on any atom is -0.369 e. The zero-order chi connectivity index (χ0) is 24.0. The number of hydrogen-bond donors (Lipinski definition) is 1. The van der Waals surface area contributed by atoms with Crippen molar-refractivity contribution < 1.29 is 9.18 Å². The zero-order valence-electron chi connectivity index (χ0n) is 19.5. The summed E-state index contributed by atoms with van der Waals surface area (Å²) in [5.74, 6) is -1.24. The predicted octanol–water partition coefficient (Wildman–Crippen LogP) is 4.37. The Morgan fingerprint density at radius 2 is 1.76 bits per heavy atom. The van der Waals surface area contributed by atoms with Gasteiger partial charge >= 0.3 is 0 Å². The summed E-state index contributed by atoms with van der Waals surface area (Å²) in [4.78, 5) is 27.7. The van der Waals surface area contributed by atoms with Gasteiger partial charge in [-0.1, -0.05) is 45.0 Å². The van der Waals surface area contributed by atoms with Crippen LogP contribution in [0.25, 0.3) is 11.3 Å². The van der Waals surface area contributed by atoms with E-state index in [1.807, 2.05) is 31.2 Å². The molecule has 1 amide bonds. The Morgan fingerprint density at radius 3 is 2.39 bits per heavy atom. The van der Waals surface area contributed by atoms with Crippen LogP contribution in [0.5, 0.6) is 0 Å². The molecular formula is C26H28FN5O. The minimum absolute atomic E-state index is 0.00836. The number of hydrogen-bond acceptors (Lipinski definition) is 5. The lowest BCUT2D eigenvalue weighted by atomic mass is 9.73. The lowest BCUT2D eigenvalue weighted by Gasteiger charge is -2.41.